The molecule has 4 rings (SSSR count). The highest BCUT2D eigenvalue weighted by Gasteiger charge is 2.19. The molecule has 10 nitrogen and oxygen atoms in total. The van der Waals surface area contributed by atoms with Gasteiger partial charge in [0.05, 0.1) is 26.3 Å². The monoisotopic (exact) mass is 463 g/mol. The maximum absolute atomic E-state index is 13.5. The van der Waals surface area contributed by atoms with Crippen LogP contribution in [0.25, 0.3) is 11.4 Å². The summed E-state index contributed by atoms with van der Waals surface area (Å²) in [5.41, 5.74) is 1.27. The molecule has 1 aromatic heterocycles. The summed E-state index contributed by atoms with van der Waals surface area (Å²) in [7, 11) is -1.65. The summed E-state index contributed by atoms with van der Waals surface area (Å²) in [6.07, 6.45) is 0. The van der Waals surface area contributed by atoms with E-state index >= 15 is 0 Å². The van der Waals surface area contributed by atoms with Crippen molar-refractivity contribution in [2.24, 2.45) is 0 Å². The third-order valence-electron chi connectivity index (χ3n) is 4.49. The normalized spacial score (nSPS) is 11.5. The Hall–Kier alpha value is -4.38. The first-order valence-corrected chi connectivity index (χ1v) is 10.8. The van der Waals surface area contributed by atoms with E-state index in [9.17, 15) is 13.8 Å². The van der Waals surface area contributed by atoms with Crippen LogP contribution < -0.4 is 10.1 Å². The second kappa shape index (κ2) is 9.83. The van der Waals surface area contributed by atoms with Gasteiger partial charge in [0.1, 0.15) is 5.75 Å². The minimum atomic E-state index is -1.65. The molecule has 3 aromatic carbocycles. The number of nitrogens with zero attached hydrogens (tertiary/aromatic N) is 3. The van der Waals surface area contributed by atoms with Gasteiger partial charge in [0.15, 0.2) is 6.61 Å². The summed E-state index contributed by atoms with van der Waals surface area (Å²) in [4.78, 5) is 24.3. The number of para-hydroxylation sites is 1. The van der Waals surface area contributed by atoms with Gasteiger partial charge >= 0.3 is 5.97 Å². The van der Waals surface area contributed by atoms with Crippen LogP contribution in [0.1, 0.15) is 10.4 Å². The van der Waals surface area contributed by atoms with Crippen LogP contribution in [-0.2, 0) is 15.6 Å². The molecule has 0 fully saturated rings. The average Bonchev–Trinajstić information content (AvgIpc) is 3.38. The van der Waals surface area contributed by atoms with Crippen LogP contribution in [0.2, 0.25) is 0 Å². The molecule has 1 amide bonds. The zero-order valence-corrected chi connectivity index (χ0v) is 17.8. The molecule has 0 bridgehead atoms. The number of amides is 1. The summed E-state index contributed by atoms with van der Waals surface area (Å²) >= 11 is 0. The van der Waals surface area contributed by atoms with Gasteiger partial charge in [-0.2, -0.15) is 5.21 Å². The molecule has 11 heteroatoms. The molecule has 1 heterocycles. The van der Waals surface area contributed by atoms with Crippen LogP contribution in [0, 0.1) is 0 Å². The molecule has 0 spiro atoms. The molecule has 0 aliphatic heterocycles. The Morgan fingerprint density at radius 1 is 0.970 bits per heavy atom. The van der Waals surface area contributed by atoms with Gasteiger partial charge in [-0.15, -0.1) is 10.2 Å². The van der Waals surface area contributed by atoms with Crippen molar-refractivity contribution in [1.82, 2.24) is 20.6 Å². The molecule has 166 valence electrons. The maximum Gasteiger partial charge on any atom is 0.341 e. The lowest BCUT2D eigenvalue weighted by molar-refractivity contribution is -0.139. The van der Waals surface area contributed by atoms with Crippen LogP contribution in [0.5, 0.6) is 5.75 Å². The number of H-pyrrole nitrogens is 1. The minimum Gasteiger partial charge on any atom is -0.482 e. The first-order chi connectivity index (χ1) is 16.0. The number of hydrogen-bond acceptors (Lipinski definition) is 7. The van der Waals surface area contributed by atoms with Crippen molar-refractivity contribution in [3.8, 4) is 17.1 Å². The summed E-state index contributed by atoms with van der Waals surface area (Å²) < 4.78 is 18.6. The van der Waals surface area contributed by atoms with Crippen LogP contribution in [-0.4, -0.2) is 48.4 Å². The molecule has 0 aliphatic carbocycles. The Kier molecular flexibility index (Phi) is 6.51. The van der Waals surface area contributed by atoms with Crippen molar-refractivity contribution in [3.63, 3.8) is 0 Å². The first-order valence-electron chi connectivity index (χ1n) is 9.62. The van der Waals surface area contributed by atoms with Crippen molar-refractivity contribution in [1.29, 1.82) is 0 Å². The average molecular weight is 463 g/mol. The van der Waals surface area contributed by atoms with Gasteiger partial charge in [0, 0.05) is 11.1 Å². The minimum absolute atomic E-state index is 0.311. The van der Waals surface area contributed by atoms with Crippen LogP contribution in [0.4, 0.5) is 5.69 Å². The number of carboxylic acid groups (broad SMARTS) is 1. The van der Waals surface area contributed by atoms with E-state index < -0.39 is 29.3 Å². The van der Waals surface area contributed by atoms with Gasteiger partial charge in [-0.05, 0) is 53.7 Å². The number of ether oxygens (including phenoxy) is 1. The maximum atomic E-state index is 13.5. The lowest BCUT2D eigenvalue weighted by Crippen LogP contribution is -2.14. The Bertz CT molecular complexity index is 1310. The number of rotatable bonds is 8. The largest absolute Gasteiger partial charge is 0.482 e. The van der Waals surface area contributed by atoms with Gasteiger partial charge in [0.2, 0.25) is 5.82 Å². The van der Waals surface area contributed by atoms with Crippen molar-refractivity contribution in [2.75, 3.05) is 11.9 Å². The van der Waals surface area contributed by atoms with E-state index in [2.05, 4.69) is 25.9 Å². The standard InChI is InChI=1S/C22H17N5O5S/c28-20(29)13-32-15-11-9-14(10-12-15)22(30)23-17-6-2-4-8-19(17)33(31)18-7-3-1-5-16(18)21-24-26-27-25-21/h1-12H,13H2,(H,23,30)(H,28,29)(H,24,25,26,27). The summed E-state index contributed by atoms with van der Waals surface area (Å²) in [5.74, 6) is -0.878. The van der Waals surface area contributed by atoms with Gasteiger partial charge < -0.3 is 15.2 Å². The quantitative estimate of drug-likeness (QED) is 0.361. The Balaban J connectivity index is 1.57. The van der Waals surface area contributed by atoms with Crippen molar-refractivity contribution in [3.05, 3.63) is 78.4 Å². The highest BCUT2D eigenvalue weighted by molar-refractivity contribution is 7.85. The van der Waals surface area contributed by atoms with Crippen molar-refractivity contribution < 1.29 is 23.6 Å². The lowest BCUT2D eigenvalue weighted by atomic mass is 10.2. The highest BCUT2D eigenvalue weighted by atomic mass is 32.2. The molecule has 3 N–H and O–H groups in total. The number of aromatic amines is 1. The number of carboxylic acids is 1. The number of aromatic nitrogens is 4. The van der Waals surface area contributed by atoms with Crippen molar-refractivity contribution >= 4 is 28.4 Å². The smallest absolute Gasteiger partial charge is 0.341 e. The van der Waals surface area contributed by atoms with Crippen LogP contribution in [0.15, 0.2) is 82.6 Å². The molecule has 1 unspecified atom stereocenters. The third-order valence-corrected chi connectivity index (χ3v) is 6.00. The number of nitrogens with one attached hydrogen (secondary N) is 2. The predicted octanol–water partition coefficient (Wildman–Crippen LogP) is 2.75. The van der Waals surface area contributed by atoms with E-state index in [1.807, 2.05) is 0 Å². The first kappa shape index (κ1) is 21.8. The zero-order valence-electron chi connectivity index (χ0n) is 17.0. The number of aliphatic carboxylic acids is 1. The fourth-order valence-corrected chi connectivity index (χ4v) is 4.30. The molecular formula is C22H17N5O5S. The molecular weight excluding hydrogens is 446 g/mol. The SMILES string of the molecule is O=C(O)COc1ccc(C(=O)Nc2ccccc2S(=O)c2ccccc2-c2nn[nH]n2)cc1. The number of hydrogen-bond donors (Lipinski definition) is 3. The summed E-state index contributed by atoms with van der Waals surface area (Å²) in [6, 6.07) is 19.8. The number of carbonyl (C=O) groups is 2. The van der Waals surface area contributed by atoms with E-state index in [4.69, 9.17) is 9.84 Å². The molecule has 33 heavy (non-hydrogen) atoms. The summed E-state index contributed by atoms with van der Waals surface area (Å²) in [5, 5.41) is 25.3. The molecule has 0 saturated carbocycles. The molecule has 0 saturated heterocycles. The fourth-order valence-electron chi connectivity index (χ4n) is 2.98. The Morgan fingerprint density at radius 3 is 2.36 bits per heavy atom. The van der Waals surface area contributed by atoms with Gasteiger partial charge in [-0.1, -0.05) is 24.3 Å². The zero-order chi connectivity index (χ0) is 23.2. The second-order valence-electron chi connectivity index (χ2n) is 6.66. The van der Waals surface area contributed by atoms with E-state index in [1.54, 1.807) is 48.5 Å². The number of anilines is 1. The molecule has 0 aliphatic rings. The van der Waals surface area contributed by atoms with Gasteiger partial charge in [-0.25, -0.2) is 9.00 Å². The van der Waals surface area contributed by atoms with E-state index in [0.29, 0.717) is 38.2 Å². The van der Waals surface area contributed by atoms with Crippen LogP contribution in [0.3, 0.4) is 0 Å². The predicted molar refractivity (Wildman–Crippen MR) is 118 cm³/mol. The number of tetrazole rings is 1. The summed E-state index contributed by atoms with van der Waals surface area (Å²) in [6.45, 7) is -0.476. The van der Waals surface area contributed by atoms with Crippen LogP contribution >= 0.6 is 0 Å². The van der Waals surface area contributed by atoms with Gasteiger partial charge in [-0.3, -0.25) is 4.79 Å². The van der Waals surface area contributed by atoms with E-state index in [0.717, 1.165) is 0 Å². The fraction of sp³-hybridized carbons (Fsp3) is 0.0455. The van der Waals surface area contributed by atoms with Gasteiger partial charge in [0.25, 0.3) is 5.91 Å². The Labute approximate surface area is 190 Å². The second-order valence-corrected chi connectivity index (χ2v) is 8.07. The molecule has 1 atom stereocenters. The highest BCUT2D eigenvalue weighted by Crippen LogP contribution is 2.30. The Morgan fingerprint density at radius 2 is 1.67 bits per heavy atom. The van der Waals surface area contributed by atoms with E-state index in [1.165, 1.54) is 24.3 Å². The lowest BCUT2D eigenvalue weighted by Gasteiger charge is -2.13. The number of benzene rings is 3. The topological polar surface area (TPSA) is 147 Å². The molecule has 4 aromatic rings. The van der Waals surface area contributed by atoms with Crippen molar-refractivity contribution in [2.45, 2.75) is 9.79 Å². The molecule has 0 radical (unpaired) electrons. The third kappa shape index (κ3) is 5.10. The number of carbonyl (C=O) groups excluding carboxylic acids is 1. The van der Waals surface area contributed by atoms with E-state index in [-0.39, 0.29) is 0 Å².